The maximum absolute atomic E-state index is 15.2. The van der Waals surface area contributed by atoms with Crippen LogP contribution in [-0.4, -0.2) is 50.9 Å². The van der Waals surface area contributed by atoms with Crippen LogP contribution >= 0.6 is 0 Å². The molecular weight excluding hydrogens is 455 g/mol. The maximum atomic E-state index is 15.2. The first-order chi connectivity index (χ1) is 16.4. The van der Waals surface area contributed by atoms with Crippen LogP contribution in [0.15, 0.2) is 48.5 Å². The van der Waals surface area contributed by atoms with Gasteiger partial charge >= 0.3 is 0 Å². The van der Waals surface area contributed by atoms with E-state index in [0.29, 0.717) is 12.0 Å². The van der Waals surface area contributed by atoms with E-state index in [1.165, 1.54) is 10.4 Å². The molecule has 0 bridgehead atoms. The zero-order chi connectivity index (χ0) is 23.8. The van der Waals surface area contributed by atoms with E-state index < -0.39 is 21.1 Å². The third-order valence-electron chi connectivity index (χ3n) is 7.47. The summed E-state index contributed by atoms with van der Waals surface area (Å²) in [6.07, 6.45) is 3.75. The number of sulfonamides is 1. The van der Waals surface area contributed by atoms with E-state index in [1.54, 1.807) is 6.07 Å². The summed E-state index contributed by atoms with van der Waals surface area (Å²) >= 11 is 0. The molecule has 6 nitrogen and oxygen atoms in total. The number of ether oxygens (including phenoxy) is 2. The van der Waals surface area contributed by atoms with Crippen molar-refractivity contribution >= 4 is 15.7 Å². The number of rotatable bonds is 4. The summed E-state index contributed by atoms with van der Waals surface area (Å²) in [4.78, 5) is 2.14. The van der Waals surface area contributed by atoms with Crippen LogP contribution in [0, 0.1) is 5.82 Å². The SMILES string of the molecule is CC1CCC(c2ccccc2)S(=O)(=O)N1Cc1ccc(N2CCC3(CC2)OCCCO3)cc1F. The van der Waals surface area contributed by atoms with Crippen molar-refractivity contribution in [2.24, 2.45) is 0 Å². The van der Waals surface area contributed by atoms with Gasteiger partial charge in [-0.1, -0.05) is 36.4 Å². The minimum Gasteiger partial charge on any atom is -0.371 e. The second kappa shape index (κ2) is 9.57. The van der Waals surface area contributed by atoms with Crippen molar-refractivity contribution in [2.75, 3.05) is 31.2 Å². The van der Waals surface area contributed by atoms with Crippen LogP contribution in [0.5, 0.6) is 0 Å². The highest BCUT2D eigenvalue weighted by Gasteiger charge is 2.41. The third-order valence-corrected chi connectivity index (χ3v) is 9.84. The molecule has 0 N–H and O–H groups in total. The van der Waals surface area contributed by atoms with Crippen LogP contribution in [0.25, 0.3) is 0 Å². The summed E-state index contributed by atoms with van der Waals surface area (Å²) in [5, 5.41) is -0.586. The Morgan fingerprint density at radius 2 is 1.74 bits per heavy atom. The van der Waals surface area contributed by atoms with Crippen LogP contribution in [0.3, 0.4) is 0 Å². The fourth-order valence-corrected chi connectivity index (χ4v) is 7.58. The van der Waals surface area contributed by atoms with Crippen molar-refractivity contribution < 1.29 is 22.3 Å². The summed E-state index contributed by atoms with van der Waals surface area (Å²) in [5.41, 5.74) is 2.01. The number of piperidine rings is 1. The van der Waals surface area contributed by atoms with E-state index in [2.05, 4.69) is 4.90 Å². The van der Waals surface area contributed by atoms with Crippen LogP contribution in [-0.2, 0) is 26.0 Å². The van der Waals surface area contributed by atoms with Gasteiger partial charge in [0.05, 0.1) is 13.2 Å². The van der Waals surface area contributed by atoms with Crippen LogP contribution in [0.1, 0.15) is 55.4 Å². The smallest absolute Gasteiger partial charge is 0.221 e. The zero-order valence-electron chi connectivity index (χ0n) is 19.7. The van der Waals surface area contributed by atoms with Gasteiger partial charge in [-0.25, -0.2) is 12.8 Å². The van der Waals surface area contributed by atoms with Crippen molar-refractivity contribution in [3.8, 4) is 0 Å². The van der Waals surface area contributed by atoms with Crippen molar-refractivity contribution in [1.82, 2.24) is 4.31 Å². The molecule has 2 atom stereocenters. The molecule has 184 valence electrons. The standard InChI is InChI=1S/C26H33FN2O4S/c1-20-8-11-25(21-6-3-2-4-7-21)34(30,31)29(20)19-22-9-10-23(18-24(22)27)28-14-12-26(13-15-28)32-16-5-17-33-26/h2-4,6-7,9-10,18,20,25H,5,8,11-17,19H2,1H3. The zero-order valence-corrected chi connectivity index (χ0v) is 20.5. The van der Waals surface area contributed by atoms with Gasteiger partial charge in [0.15, 0.2) is 5.79 Å². The molecule has 0 amide bonds. The Balaban J connectivity index is 1.30. The van der Waals surface area contributed by atoms with E-state index >= 15 is 4.39 Å². The Kier molecular flexibility index (Phi) is 6.68. The molecule has 2 aromatic rings. The van der Waals surface area contributed by atoms with Crippen LogP contribution < -0.4 is 4.90 Å². The van der Waals surface area contributed by atoms with Crippen LogP contribution in [0.4, 0.5) is 10.1 Å². The number of nitrogens with zero attached hydrogens (tertiary/aromatic N) is 2. The fourth-order valence-electron chi connectivity index (χ4n) is 5.39. The first-order valence-electron chi connectivity index (χ1n) is 12.2. The number of anilines is 1. The normalized spacial score (nSPS) is 27.1. The van der Waals surface area contributed by atoms with Gasteiger partial charge in [-0.15, -0.1) is 0 Å². The highest BCUT2D eigenvalue weighted by molar-refractivity contribution is 7.89. The third kappa shape index (κ3) is 4.61. The van der Waals surface area contributed by atoms with E-state index in [-0.39, 0.29) is 18.4 Å². The van der Waals surface area contributed by atoms with Crippen molar-refractivity contribution in [2.45, 2.75) is 62.7 Å². The molecule has 0 aliphatic carbocycles. The molecular formula is C26H33FN2O4S. The molecule has 0 radical (unpaired) electrons. The van der Waals surface area contributed by atoms with Crippen molar-refractivity contribution in [1.29, 1.82) is 0 Å². The lowest BCUT2D eigenvalue weighted by Gasteiger charge is -2.44. The number of benzene rings is 2. The highest BCUT2D eigenvalue weighted by Crippen LogP contribution is 2.39. The second-order valence-electron chi connectivity index (χ2n) is 9.64. The number of hydrogen-bond acceptors (Lipinski definition) is 5. The maximum Gasteiger partial charge on any atom is 0.221 e. The first-order valence-corrected chi connectivity index (χ1v) is 13.8. The summed E-state index contributed by atoms with van der Waals surface area (Å²) < 4.78 is 55.4. The predicted molar refractivity (Wildman–Crippen MR) is 129 cm³/mol. The second-order valence-corrected chi connectivity index (χ2v) is 11.7. The summed E-state index contributed by atoms with van der Waals surface area (Å²) in [5.74, 6) is -0.853. The van der Waals surface area contributed by atoms with E-state index in [4.69, 9.17) is 9.47 Å². The molecule has 3 aliphatic heterocycles. The van der Waals surface area contributed by atoms with E-state index in [1.807, 2.05) is 43.3 Å². The largest absolute Gasteiger partial charge is 0.371 e. The molecule has 8 heteroatoms. The molecule has 0 aromatic heterocycles. The van der Waals surface area contributed by atoms with Gasteiger partial charge in [0.1, 0.15) is 11.1 Å². The Morgan fingerprint density at radius 1 is 1.03 bits per heavy atom. The first kappa shape index (κ1) is 23.7. The molecule has 5 rings (SSSR count). The van der Waals surface area contributed by atoms with Gasteiger partial charge in [-0.05, 0) is 43.9 Å². The van der Waals surface area contributed by atoms with Gasteiger partial charge in [0.2, 0.25) is 10.0 Å². The summed E-state index contributed by atoms with van der Waals surface area (Å²) in [6, 6.07) is 14.3. The molecule has 3 saturated heterocycles. The summed E-state index contributed by atoms with van der Waals surface area (Å²) in [7, 11) is -3.60. The Hall–Kier alpha value is -2.00. The Bertz CT molecular complexity index is 1100. The molecule has 0 saturated carbocycles. The van der Waals surface area contributed by atoms with Gasteiger partial charge in [0, 0.05) is 49.8 Å². The lowest BCUT2D eigenvalue weighted by Crippen LogP contribution is -2.50. The van der Waals surface area contributed by atoms with Crippen molar-refractivity contribution in [3.63, 3.8) is 0 Å². The minimum atomic E-state index is -3.60. The van der Waals surface area contributed by atoms with Gasteiger partial charge < -0.3 is 14.4 Å². The molecule has 34 heavy (non-hydrogen) atoms. The Morgan fingerprint density at radius 3 is 2.41 bits per heavy atom. The lowest BCUT2D eigenvalue weighted by molar-refractivity contribution is -0.275. The molecule has 1 spiro atoms. The summed E-state index contributed by atoms with van der Waals surface area (Å²) in [6.45, 7) is 4.87. The van der Waals surface area contributed by atoms with Gasteiger partial charge in [-0.3, -0.25) is 0 Å². The van der Waals surface area contributed by atoms with Gasteiger partial charge in [0.25, 0.3) is 0 Å². The number of hydrogen-bond donors (Lipinski definition) is 0. The lowest BCUT2D eigenvalue weighted by atomic mass is 10.0. The molecule has 3 fully saturated rings. The Labute approximate surface area is 201 Å². The molecule has 3 heterocycles. The monoisotopic (exact) mass is 488 g/mol. The molecule has 2 aromatic carbocycles. The topological polar surface area (TPSA) is 59.1 Å². The minimum absolute atomic E-state index is 0.0454. The van der Waals surface area contributed by atoms with E-state index in [9.17, 15) is 8.42 Å². The van der Waals surface area contributed by atoms with E-state index in [0.717, 1.165) is 63.2 Å². The molecule has 3 aliphatic rings. The fraction of sp³-hybridized carbons (Fsp3) is 0.538. The van der Waals surface area contributed by atoms with Crippen molar-refractivity contribution in [3.05, 3.63) is 65.5 Å². The van der Waals surface area contributed by atoms with Gasteiger partial charge in [-0.2, -0.15) is 4.31 Å². The average molecular weight is 489 g/mol. The van der Waals surface area contributed by atoms with Crippen LogP contribution in [0.2, 0.25) is 0 Å². The quantitative estimate of drug-likeness (QED) is 0.629. The predicted octanol–water partition coefficient (Wildman–Crippen LogP) is 4.61. The number of halogens is 1. The highest BCUT2D eigenvalue weighted by atomic mass is 32.2. The average Bonchev–Trinajstić information content (AvgIpc) is 2.84. The molecule has 2 unspecified atom stereocenters.